The van der Waals surface area contributed by atoms with Crippen LogP contribution in [-0.2, 0) is 17.8 Å². The number of amidine groups is 1. The highest BCUT2D eigenvalue weighted by Crippen LogP contribution is 2.31. The quantitative estimate of drug-likeness (QED) is 0.423. The minimum absolute atomic E-state index is 0.0122. The lowest BCUT2D eigenvalue weighted by Crippen LogP contribution is -2.32. The maximum absolute atomic E-state index is 13.2. The Morgan fingerprint density at radius 1 is 0.900 bits per heavy atom. The van der Waals surface area contributed by atoms with E-state index in [1.165, 1.54) is 23.9 Å². The number of halogens is 1. The fraction of sp³-hybridized carbons (Fsp3) is 0.125. The first-order valence-electron chi connectivity index (χ1n) is 9.61. The summed E-state index contributed by atoms with van der Waals surface area (Å²) in [5.41, 5.74) is 2.87. The van der Waals surface area contributed by atoms with Gasteiger partial charge in [-0.3, -0.25) is 9.69 Å². The Hall–Kier alpha value is -3.25. The summed E-state index contributed by atoms with van der Waals surface area (Å²) in [6.07, 6.45) is 2.18. The number of hydrogen-bond acceptors (Lipinski definition) is 4. The Kier molecular flexibility index (Phi) is 6.35. The number of hydrogen-bond donors (Lipinski definition) is 0. The van der Waals surface area contributed by atoms with Crippen LogP contribution in [0.15, 0.2) is 95.1 Å². The second-order valence-electron chi connectivity index (χ2n) is 6.88. The fourth-order valence-electron chi connectivity index (χ4n) is 3.15. The van der Waals surface area contributed by atoms with Gasteiger partial charge in [-0.15, -0.1) is 5.10 Å². The third kappa shape index (κ3) is 5.02. The lowest BCUT2D eigenvalue weighted by molar-refractivity contribution is -0.126. The van der Waals surface area contributed by atoms with Gasteiger partial charge in [0, 0.05) is 0 Å². The van der Waals surface area contributed by atoms with Crippen molar-refractivity contribution >= 4 is 29.1 Å². The molecular weight excluding hydrogens is 397 g/mol. The summed E-state index contributed by atoms with van der Waals surface area (Å²) in [6, 6.07) is 25.8. The smallest absolute Gasteiger partial charge is 0.242 e. The summed E-state index contributed by atoms with van der Waals surface area (Å²) in [7, 11) is 0. The molecule has 0 radical (unpaired) electrons. The van der Waals surface area contributed by atoms with Crippen molar-refractivity contribution in [2.75, 3.05) is 0 Å². The molecule has 1 unspecified atom stereocenters. The van der Waals surface area contributed by atoms with Gasteiger partial charge in [-0.05, 0) is 35.2 Å². The molecule has 1 fully saturated rings. The molecule has 3 aromatic carbocycles. The number of amides is 1. The van der Waals surface area contributed by atoms with Crippen LogP contribution in [0.4, 0.5) is 4.39 Å². The molecule has 6 heteroatoms. The Morgan fingerprint density at radius 2 is 1.57 bits per heavy atom. The molecule has 1 saturated heterocycles. The number of carbonyl (C=O) groups excluding carboxylic acids is 1. The van der Waals surface area contributed by atoms with Crippen molar-refractivity contribution in [3.8, 4) is 0 Å². The lowest BCUT2D eigenvalue weighted by Gasteiger charge is -2.16. The van der Waals surface area contributed by atoms with Crippen LogP contribution in [0.2, 0.25) is 0 Å². The third-order valence-electron chi connectivity index (χ3n) is 4.69. The summed E-state index contributed by atoms with van der Waals surface area (Å²) in [4.78, 5) is 14.8. The van der Waals surface area contributed by atoms with E-state index in [1.54, 1.807) is 23.2 Å². The monoisotopic (exact) mass is 417 g/mol. The Morgan fingerprint density at radius 3 is 2.27 bits per heavy atom. The Balaban J connectivity index is 1.56. The van der Waals surface area contributed by atoms with Gasteiger partial charge >= 0.3 is 0 Å². The summed E-state index contributed by atoms with van der Waals surface area (Å²) in [6.45, 7) is 0.437. The topological polar surface area (TPSA) is 45.0 Å². The van der Waals surface area contributed by atoms with Gasteiger partial charge in [0.05, 0.1) is 18.0 Å². The summed E-state index contributed by atoms with van der Waals surface area (Å²) >= 11 is 1.40. The lowest BCUT2D eigenvalue weighted by atomic mass is 10.1. The van der Waals surface area contributed by atoms with Crippen molar-refractivity contribution in [1.29, 1.82) is 0 Å². The molecule has 4 rings (SSSR count). The van der Waals surface area contributed by atoms with Crippen molar-refractivity contribution in [2.24, 2.45) is 10.2 Å². The first-order valence-corrected chi connectivity index (χ1v) is 10.5. The van der Waals surface area contributed by atoms with E-state index in [9.17, 15) is 9.18 Å². The van der Waals surface area contributed by atoms with Gasteiger partial charge in [-0.1, -0.05) is 84.6 Å². The van der Waals surface area contributed by atoms with Crippen LogP contribution in [0, 0.1) is 5.82 Å². The molecular formula is C24H20FN3OS. The van der Waals surface area contributed by atoms with Gasteiger partial charge in [-0.2, -0.15) is 5.10 Å². The van der Waals surface area contributed by atoms with Crippen LogP contribution < -0.4 is 0 Å². The fourth-order valence-corrected chi connectivity index (χ4v) is 4.28. The van der Waals surface area contributed by atoms with Crippen molar-refractivity contribution in [2.45, 2.75) is 18.2 Å². The van der Waals surface area contributed by atoms with E-state index in [0.29, 0.717) is 18.1 Å². The largest absolute Gasteiger partial charge is 0.284 e. The van der Waals surface area contributed by atoms with Gasteiger partial charge in [0.2, 0.25) is 5.91 Å². The molecule has 1 amide bonds. The molecule has 0 saturated carbocycles. The highest BCUT2D eigenvalue weighted by Gasteiger charge is 2.38. The van der Waals surface area contributed by atoms with Crippen LogP contribution in [0.5, 0.6) is 0 Å². The van der Waals surface area contributed by atoms with E-state index in [0.717, 1.165) is 16.7 Å². The predicted molar refractivity (Wildman–Crippen MR) is 120 cm³/mol. The zero-order valence-electron chi connectivity index (χ0n) is 16.2. The summed E-state index contributed by atoms with van der Waals surface area (Å²) < 4.78 is 13.2. The van der Waals surface area contributed by atoms with E-state index < -0.39 is 0 Å². The van der Waals surface area contributed by atoms with Gasteiger partial charge in [-0.25, -0.2) is 4.39 Å². The molecule has 1 aliphatic heterocycles. The van der Waals surface area contributed by atoms with Crippen LogP contribution in [0.3, 0.4) is 0 Å². The van der Waals surface area contributed by atoms with E-state index in [-0.39, 0.29) is 17.0 Å². The maximum Gasteiger partial charge on any atom is 0.242 e. The predicted octanol–water partition coefficient (Wildman–Crippen LogP) is 4.90. The maximum atomic E-state index is 13.2. The highest BCUT2D eigenvalue weighted by molar-refractivity contribution is 8.15. The van der Waals surface area contributed by atoms with Gasteiger partial charge in [0.25, 0.3) is 0 Å². The van der Waals surface area contributed by atoms with Crippen LogP contribution in [-0.4, -0.2) is 27.4 Å². The molecule has 150 valence electrons. The summed E-state index contributed by atoms with van der Waals surface area (Å²) in [5, 5.41) is 8.81. The molecule has 1 aliphatic rings. The second kappa shape index (κ2) is 9.50. The molecule has 0 N–H and O–H groups in total. The number of rotatable bonds is 6. The zero-order valence-corrected chi connectivity index (χ0v) is 17.0. The number of thioether (sulfide) groups is 1. The molecule has 1 atom stereocenters. The molecule has 0 bridgehead atoms. The first-order chi connectivity index (χ1) is 14.7. The second-order valence-corrected chi connectivity index (χ2v) is 8.05. The average molecular weight is 418 g/mol. The van der Waals surface area contributed by atoms with E-state index >= 15 is 0 Å². The van der Waals surface area contributed by atoms with Crippen molar-refractivity contribution in [3.63, 3.8) is 0 Å². The zero-order chi connectivity index (χ0) is 20.8. The SMILES string of the molecule is O=C1C(Cc2ccc(F)cc2)SC(=NN=Cc2ccccc2)N1Cc1ccccc1. The number of carbonyl (C=O) groups is 1. The van der Waals surface area contributed by atoms with E-state index in [1.807, 2.05) is 60.7 Å². The first kappa shape index (κ1) is 20.0. The van der Waals surface area contributed by atoms with Gasteiger partial charge < -0.3 is 0 Å². The van der Waals surface area contributed by atoms with Crippen LogP contribution >= 0.6 is 11.8 Å². The number of benzene rings is 3. The minimum Gasteiger partial charge on any atom is -0.284 e. The average Bonchev–Trinajstić information content (AvgIpc) is 3.06. The molecule has 0 aliphatic carbocycles. The normalized spacial score (nSPS) is 17.9. The molecule has 0 spiro atoms. The third-order valence-corrected chi connectivity index (χ3v) is 5.85. The van der Waals surface area contributed by atoms with Crippen LogP contribution in [0.25, 0.3) is 0 Å². The number of nitrogens with zero attached hydrogens (tertiary/aromatic N) is 3. The van der Waals surface area contributed by atoms with Crippen LogP contribution in [0.1, 0.15) is 16.7 Å². The van der Waals surface area contributed by atoms with Crippen molar-refractivity contribution < 1.29 is 9.18 Å². The van der Waals surface area contributed by atoms with E-state index in [2.05, 4.69) is 10.2 Å². The van der Waals surface area contributed by atoms with Gasteiger partial charge in [0.1, 0.15) is 5.82 Å². The Labute approximate surface area is 179 Å². The van der Waals surface area contributed by atoms with Gasteiger partial charge in [0.15, 0.2) is 5.17 Å². The standard InChI is InChI=1S/C24H20FN3OS/c25-21-13-11-18(12-14-21)15-22-23(29)28(17-20-9-5-2-6-10-20)24(30-22)27-26-16-19-7-3-1-4-8-19/h1-14,16,22H,15,17H2. The molecule has 1 heterocycles. The molecule has 4 nitrogen and oxygen atoms in total. The molecule has 30 heavy (non-hydrogen) atoms. The Bertz CT molecular complexity index is 1050. The van der Waals surface area contributed by atoms with E-state index in [4.69, 9.17) is 0 Å². The molecule has 3 aromatic rings. The highest BCUT2D eigenvalue weighted by atomic mass is 32.2. The van der Waals surface area contributed by atoms with Crippen molar-refractivity contribution in [1.82, 2.24) is 4.90 Å². The van der Waals surface area contributed by atoms with Crippen molar-refractivity contribution in [3.05, 3.63) is 107 Å². The minimum atomic E-state index is -0.315. The summed E-state index contributed by atoms with van der Waals surface area (Å²) in [5.74, 6) is -0.297. The molecule has 0 aromatic heterocycles.